The fourth-order valence-electron chi connectivity index (χ4n) is 6.49. The van der Waals surface area contributed by atoms with Crippen molar-refractivity contribution in [3.63, 3.8) is 0 Å². The van der Waals surface area contributed by atoms with E-state index < -0.39 is 13.9 Å². The van der Waals surface area contributed by atoms with Crippen LogP contribution < -0.4 is 5.73 Å². The molecule has 0 bridgehead atoms. The van der Waals surface area contributed by atoms with Gasteiger partial charge in [-0.15, -0.1) is 0 Å². The van der Waals surface area contributed by atoms with Crippen LogP contribution >= 0.6 is 7.82 Å². The largest absolute Gasteiger partial charge is 0.498 e. The van der Waals surface area contributed by atoms with E-state index in [0.29, 0.717) is 6.42 Å². The second-order valence-corrected chi connectivity index (χ2v) is 16.4. The van der Waals surface area contributed by atoms with Gasteiger partial charge < -0.3 is 20.1 Å². The van der Waals surface area contributed by atoms with E-state index in [1.54, 1.807) is 6.26 Å². The summed E-state index contributed by atoms with van der Waals surface area (Å²) in [5, 5.41) is 0. The predicted octanol–water partition coefficient (Wildman–Crippen LogP) is 13.4. The smallest absolute Gasteiger partial charge is 0.472 e. The maximum absolute atomic E-state index is 12.6. The third-order valence-electron chi connectivity index (χ3n) is 9.78. The summed E-state index contributed by atoms with van der Waals surface area (Å²) in [5.41, 5.74) is 5.36. The number of phosphoric ester groups is 1. The van der Waals surface area contributed by atoms with Gasteiger partial charge in [-0.05, 0) is 25.3 Å². The highest BCUT2D eigenvalue weighted by Gasteiger charge is 2.25. The molecule has 310 valence electrons. The van der Waals surface area contributed by atoms with Crippen LogP contribution in [0.5, 0.6) is 0 Å². The van der Waals surface area contributed by atoms with Crippen molar-refractivity contribution in [2.24, 2.45) is 5.73 Å². The lowest BCUT2D eigenvalue weighted by molar-refractivity contribution is -0.153. The Kier molecular flexibility index (Phi) is 40.5. The molecule has 0 aromatic rings. The Morgan fingerprint density at radius 2 is 0.962 bits per heavy atom. The average molecular weight is 760 g/mol. The summed E-state index contributed by atoms with van der Waals surface area (Å²) in [6.07, 6.45) is 44.7. The van der Waals surface area contributed by atoms with Crippen LogP contribution in [0, 0.1) is 0 Å². The molecule has 9 heteroatoms. The maximum atomic E-state index is 12.6. The van der Waals surface area contributed by atoms with E-state index in [2.05, 4.69) is 13.8 Å². The van der Waals surface area contributed by atoms with Gasteiger partial charge in [0.05, 0.1) is 19.5 Å². The monoisotopic (exact) mass is 760 g/mol. The summed E-state index contributed by atoms with van der Waals surface area (Å²) in [6.45, 7) is 4.28. The Balaban J connectivity index is 4.00. The molecule has 2 unspecified atom stereocenters. The number of esters is 1. The highest BCUT2D eigenvalue weighted by Crippen LogP contribution is 2.43. The van der Waals surface area contributed by atoms with E-state index in [1.807, 2.05) is 6.08 Å². The van der Waals surface area contributed by atoms with E-state index in [-0.39, 0.29) is 32.3 Å². The highest BCUT2D eigenvalue weighted by molar-refractivity contribution is 7.47. The van der Waals surface area contributed by atoms with E-state index in [1.165, 1.54) is 173 Å². The quantitative estimate of drug-likeness (QED) is 0.0273. The lowest BCUT2D eigenvalue weighted by Crippen LogP contribution is -2.27. The summed E-state index contributed by atoms with van der Waals surface area (Å²) < 4.78 is 33.2. The minimum Gasteiger partial charge on any atom is -0.498 e. The summed E-state index contributed by atoms with van der Waals surface area (Å²) in [4.78, 5) is 22.5. The standard InChI is InChI=1S/C43H86NO7P/c1-3-5-7-9-11-13-15-17-19-20-21-22-23-24-26-28-30-32-34-36-43(45)51-42(41-50-52(46,47)49-39-37-44)40-48-38-35-33-31-29-27-25-18-16-14-12-10-8-6-4-2/h35,38,42H,3-34,36-37,39-41,44H2,1-2H3,(H,46,47). The molecular formula is C43H86NO7P. The molecule has 0 heterocycles. The molecule has 0 fully saturated rings. The van der Waals surface area contributed by atoms with Crippen LogP contribution in [0.25, 0.3) is 0 Å². The van der Waals surface area contributed by atoms with Gasteiger partial charge >= 0.3 is 13.8 Å². The molecule has 0 aromatic carbocycles. The van der Waals surface area contributed by atoms with Gasteiger partial charge in [-0.25, -0.2) is 4.57 Å². The van der Waals surface area contributed by atoms with Crippen LogP contribution in [0.4, 0.5) is 0 Å². The number of unbranched alkanes of at least 4 members (excludes halogenated alkanes) is 30. The van der Waals surface area contributed by atoms with Gasteiger partial charge in [0.15, 0.2) is 6.10 Å². The third-order valence-corrected chi connectivity index (χ3v) is 10.8. The van der Waals surface area contributed by atoms with Gasteiger partial charge in [0, 0.05) is 13.0 Å². The molecule has 0 aromatic heterocycles. The van der Waals surface area contributed by atoms with Crippen LogP contribution in [0.1, 0.15) is 226 Å². The number of ether oxygens (including phenoxy) is 2. The average Bonchev–Trinajstić information content (AvgIpc) is 3.13. The summed E-state index contributed by atoms with van der Waals surface area (Å²) in [5.74, 6) is -0.347. The minimum atomic E-state index is -4.28. The van der Waals surface area contributed by atoms with E-state index in [4.69, 9.17) is 24.3 Å². The van der Waals surface area contributed by atoms with Gasteiger partial charge in [0.2, 0.25) is 0 Å². The normalized spacial score (nSPS) is 13.5. The van der Waals surface area contributed by atoms with Crippen molar-refractivity contribution in [1.82, 2.24) is 0 Å². The lowest BCUT2D eigenvalue weighted by Gasteiger charge is -2.19. The summed E-state index contributed by atoms with van der Waals surface area (Å²) in [6, 6.07) is 0. The van der Waals surface area contributed by atoms with Crippen LogP contribution in [0.2, 0.25) is 0 Å². The Hall–Kier alpha value is -0.920. The predicted molar refractivity (Wildman–Crippen MR) is 219 cm³/mol. The van der Waals surface area contributed by atoms with Crippen LogP contribution in [0.15, 0.2) is 12.3 Å². The minimum absolute atomic E-state index is 0.0385. The Labute approximate surface area is 322 Å². The van der Waals surface area contributed by atoms with Gasteiger partial charge in [0.25, 0.3) is 0 Å². The first-order chi connectivity index (χ1) is 25.4. The Bertz CT molecular complexity index is 812. The molecule has 0 aliphatic carbocycles. The number of rotatable bonds is 43. The molecule has 52 heavy (non-hydrogen) atoms. The van der Waals surface area contributed by atoms with Gasteiger partial charge in [-0.2, -0.15) is 0 Å². The number of phosphoric acid groups is 1. The Morgan fingerprint density at radius 3 is 1.37 bits per heavy atom. The molecule has 3 N–H and O–H groups in total. The van der Waals surface area contributed by atoms with Crippen molar-refractivity contribution in [1.29, 1.82) is 0 Å². The summed E-state index contributed by atoms with van der Waals surface area (Å²) in [7, 11) is -4.28. The highest BCUT2D eigenvalue weighted by atomic mass is 31.2. The molecule has 0 spiro atoms. The SMILES string of the molecule is CCCCCCCCCCCCCCC=COCC(COP(=O)(O)OCCN)OC(=O)CCCCCCCCCCCCCCCCCCCCC. The van der Waals surface area contributed by atoms with Gasteiger partial charge in [-0.1, -0.05) is 200 Å². The number of carbonyl (C=O) groups excluding carboxylic acids is 1. The lowest BCUT2D eigenvalue weighted by atomic mass is 10.0. The molecule has 0 aliphatic rings. The molecule has 8 nitrogen and oxygen atoms in total. The van der Waals surface area contributed by atoms with Crippen molar-refractivity contribution in [2.75, 3.05) is 26.4 Å². The fraction of sp³-hybridized carbons (Fsp3) is 0.930. The molecule has 0 saturated heterocycles. The van der Waals surface area contributed by atoms with E-state index >= 15 is 0 Å². The summed E-state index contributed by atoms with van der Waals surface area (Å²) >= 11 is 0. The van der Waals surface area contributed by atoms with E-state index in [0.717, 1.165) is 32.1 Å². The number of carbonyl (C=O) groups is 1. The van der Waals surface area contributed by atoms with Crippen molar-refractivity contribution in [3.8, 4) is 0 Å². The number of allylic oxidation sites excluding steroid dienone is 1. The number of hydrogen-bond donors (Lipinski definition) is 2. The van der Waals surface area contributed by atoms with Gasteiger partial charge in [-0.3, -0.25) is 13.8 Å². The van der Waals surface area contributed by atoms with Crippen LogP contribution in [-0.2, 0) is 27.9 Å². The zero-order valence-electron chi connectivity index (χ0n) is 34.3. The third kappa shape index (κ3) is 40.3. The zero-order valence-corrected chi connectivity index (χ0v) is 35.2. The van der Waals surface area contributed by atoms with Gasteiger partial charge in [0.1, 0.15) is 6.61 Å². The zero-order chi connectivity index (χ0) is 38.1. The molecular weight excluding hydrogens is 673 g/mol. The first-order valence-electron chi connectivity index (χ1n) is 22.2. The maximum Gasteiger partial charge on any atom is 0.472 e. The number of nitrogens with two attached hydrogens (primary N) is 1. The van der Waals surface area contributed by atoms with Crippen LogP contribution in [0.3, 0.4) is 0 Å². The molecule has 0 rings (SSSR count). The Morgan fingerprint density at radius 1 is 0.577 bits per heavy atom. The second kappa shape index (κ2) is 41.2. The fourth-order valence-corrected chi connectivity index (χ4v) is 7.26. The molecule has 0 amide bonds. The van der Waals surface area contributed by atoms with E-state index in [9.17, 15) is 14.3 Å². The van der Waals surface area contributed by atoms with Crippen molar-refractivity contribution >= 4 is 13.8 Å². The van der Waals surface area contributed by atoms with Crippen molar-refractivity contribution in [2.45, 2.75) is 232 Å². The van der Waals surface area contributed by atoms with Crippen LogP contribution in [-0.4, -0.2) is 43.3 Å². The molecule has 2 atom stereocenters. The second-order valence-electron chi connectivity index (χ2n) is 15.0. The molecule has 0 saturated carbocycles. The van der Waals surface area contributed by atoms with Crippen molar-refractivity contribution in [3.05, 3.63) is 12.3 Å². The number of hydrogen-bond acceptors (Lipinski definition) is 7. The molecule has 0 aliphatic heterocycles. The first-order valence-corrected chi connectivity index (χ1v) is 23.7. The first kappa shape index (κ1) is 51.1. The topological polar surface area (TPSA) is 117 Å². The van der Waals surface area contributed by atoms with Crippen molar-refractivity contribution < 1.29 is 32.8 Å². The molecule has 0 radical (unpaired) electrons.